The van der Waals surface area contributed by atoms with Crippen molar-refractivity contribution in [3.8, 4) is 0 Å². The van der Waals surface area contributed by atoms with E-state index in [0.717, 1.165) is 12.8 Å². The number of urea groups is 1. The molecule has 0 aliphatic heterocycles. The number of rotatable bonds is 6. The van der Waals surface area contributed by atoms with E-state index in [0.29, 0.717) is 6.54 Å². The molecule has 0 saturated heterocycles. The Hall–Kier alpha value is -0.810. The number of nitrogens with one attached hydrogen (secondary N) is 2. The van der Waals surface area contributed by atoms with Crippen molar-refractivity contribution in [2.45, 2.75) is 25.8 Å². The quantitative estimate of drug-likeness (QED) is 0.424. The molecule has 5 heteroatoms. The molecular formula is C8H18N2O3. The van der Waals surface area contributed by atoms with Crippen molar-refractivity contribution in [2.24, 2.45) is 0 Å². The van der Waals surface area contributed by atoms with Crippen molar-refractivity contribution < 1.29 is 15.0 Å². The smallest absolute Gasteiger partial charge is 0.315 e. The summed E-state index contributed by atoms with van der Waals surface area (Å²) in [6, 6.07) is -0.914. The lowest BCUT2D eigenvalue weighted by Crippen LogP contribution is -2.45. The first kappa shape index (κ1) is 12.2. The summed E-state index contributed by atoms with van der Waals surface area (Å²) >= 11 is 0. The molecule has 0 rings (SSSR count). The van der Waals surface area contributed by atoms with Gasteiger partial charge in [-0.05, 0) is 6.42 Å². The first-order valence-electron chi connectivity index (χ1n) is 4.50. The van der Waals surface area contributed by atoms with Gasteiger partial charge in [0, 0.05) is 6.54 Å². The van der Waals surface area contributed by atoms with Gasteiger partial charge in [0.05, 0.1) is 19.3 Å². The van der Waals surface area contributed by atoms with Crippen LogP contribution in [0.5, 0.6) is 0 Å². The van der Waals surface area contributed by atoms with Gasteiger partial charge in [0.15, 0.2) is 0 Å². The van der Waals surface area contributed by atoms with E-state index in [9.17, 15) is 4.79 Å². The van der Waals surface area contributed by atoms with Crippen LogP contribution in [-0.2, 0) is 0 Å². The monoisotopic (exact) mass is 190 g/mol. The van der Waals surface area contributed by atoms with Crippen LogP contribution >= 0.6 is 0 Å². The second-order valence-electron chi connectivity index (χ2n) is 2.82. The van der Waals surface area contributed by atoms with Crippen LogP contribution in [0.25, 0.3) is 0 Å². The van der Waals surface area contributed by atoms with Crippen molar-refractivity contribution in [1.29, 1.82) is 0 Å². The van der Waals surface area contributed by atoms with Gasteiger partial charge >= 0.3 is 6.03 Å². The minimum absolute atomic E-state index is 0.252. The third-order valence-electron chi connectivity index (χ3n) is 1.59. The average molecular weight is 190 g/mol. The van der Waals surface area contributed by atoms with Gasteiger partial charge in [-0.15, -0.1) is 0 Å². The molecule has 0 spiro atoms. The van der Waals surface area contributed by atoms with Crippen molar-refractivity contribution in [3.05, 3.63) is 0 Å². The molecule has 0 heterocycles. The minimum Gasteiger partial charge on any atom is -0.394 e. The fourth-order valence-electron chi connectivity index (χ4n) is 0.764. The molecule has 0 aliphatic carbocycles. The molecule has 5 nitrogen and oxygen atoms in total. The second-order valence-corrected chi connectivity index (χ2v) is 2.82. The fourth-order valence-corrected chi connectivity index (χ4v) is 0.764. The first-order valence-corrected chi connectivity index (χ1v) is 4.50. The van der Waals surface area contributed by atoms with Gasteiger partial charge in [-0.2, -0.15) is 0 Å². The zero-order chi connectivity index (χ0) is 10.1. The zero-order valence-corrected chi connectivity index (χ0v) is 7.92. The molecule has 0 aliphatic rings. The summed E-state index contributed by atoms with van der Waals surface area (Å²) in [5.41, 5.74) is 0. The van der Waals surface area contributed by atoms with Gasteiger partial charge in [-0.3, -0.25) is 0 Å². The molecular weight excluding hydrogens is 172 g/mol. The molecule has 0 atom stereocenters. The van der Waals surface area contributed by atoms with Crippen LogP contribution in [0.3, 0.4) is 0 Å². The van der Waals surface area contributed by atoms with E-state index < -0.39 is 6.04 Å². The topological polar surface area (TPSA) is 81.6 Å². The lowest BCUT2D eigenvalue weighted by Gasteiger charge is -2.13. The number of aliphatic hydroxyl groups is 2. The van der Waals surface area contributed by atoms with E-state index >= 15 is 0 Å². The van der Waals surface area contributed by atoms with Crippen molar-refractivity contribution in [3.63, 3.8) is 0 Å². The Morgan fingerprint density at radius 1 is 1.38 bits per heavy atom. The number of hydrogen-bond donors (Lipinski definition) is 4. The van der Waals surface area contributed by atoms with Gasteiger partial charge in [0.2, 0.25) is 0 Å². The van der Waals surface area contributed by atoms with Crippen LogP contribution in [-0.4, -0.2) is 42.0 Å². The predicted octanol–water partition coefficient (Wildman–Crippen LogP) is -0.561. The first-order chi connectivity index (χ1) is 6.24. The Balaban J connectivity index is 3.48. The normalized spacial score (nSPS) is 10.2. The van der Waals surface area contributed by atoms with Crippen LogP contribution in [0, 0.1) is 0 Å². The number of aliphatic hydroxyl groups excluding tert-OH is 2. The van der Waals surface area contributed by atoms with Crippen LogP contribution in [0.15, 0.2) is 0 Å². The van der Waals surface area contributed by atoms with Gasteiger partial charge < -0.3 is 20.8 Å². The van der Waals surface area contributed by atoms with Gasteiger partial charge in [-0.1, -0.05) is 13.3 Å². The molecule has 0 fully saturated rings. The molecule has 0 aromatic heterocycles. The highest BCUT2D eigenvalue weighted by atomic mass is 16.3. The van der Waals surface area contributed by atoms with E-state index in [4.69, 9.17) is 10.2 Å². The SMILES string of the molecule is CCCCNC(=O)NC(CO)CO. The fraction of sp³-hybridized carbons (Fsp3) is 0.875. The highest BCUT2D eigenvalue weighted by molar-refractivity contribution is 5.74. The van der Waals surface area contributed by atoms with Gasteiger partial charge in [0.25, 0.3) is 0 Å². The summed E-state index contributed by atoms with van der Waals surface area (Å²) in [4.78, 5) is 11.0. The predicted molar refractivity (Wildman–Crippen MR) is 49.4 cm³/mol. The Kier molecular flexibility index (Phi) is 7.33. The van der Waals surface area contributed by atoms with Crippen molar-refractivity contribution >= 4 is 6.03 Å². The van der Waals surface area contributed by atoms with Gasteiger partial charge in [0.1, 0.15) is 0 Å². The summed E-state index contributed by atoms with van der Waals surface area (Å²) in [6.07, 6.45) is 1.94. The highest BCUT2D eigenvalue weighted by Crippen LogP contribution is 1.83. The maximum Gasteiger partial charge on any atom is 0.315 e. The maximum absolute atomic E-state index is 11.0. The van der Waals surface area contributed by atoms with E-state index in [2.05, 4.69) is 10.6 Å². The molecule has 0 bridgehead atoms. The maximum atomic E-state index is 11.0. The van der Waals surface area contributed by atoms with E-state index in [1.54, 1.807) is 0 Å². The van der Waals surface area contributed by atoms with Crippen molar-refractivity contribution in [2.75, 3.05) is 19.8 Å². The molecule has 0 unspecified atom stereocenters. The van der Waals surface area contributed by atoms with E-state index in [1.807, 2.05) is 6.92 Å². The Morgan fingerprint density at radius 3 is 2.46 bits per heavy atom. The molecule has 13 heavy (non-hydrogen) atoms. The third-order valence-corrected chi connectivity index (χ3v) is 1.59. The zero-order valence-electron chi connectivity index (χ0n) is 7.92. The Morgan fingerprint density at radius 2 is 2.00 bits per heavy atom. The Bertz CT molecular complexity index is 137. The van der Waals surface area contributed by atoms with Crippen LogP contribution in [0.1, 0.15) is 19.8 Å². The minimum atomic E-state index is -0.568. The molecule has 4 N–H and O–H groups in total. The molecule has 0 saturated carbocycles. The summed E-state index contributed by atoms with van der Waals surface area (Å²) in [5, 5.41) is 22.3. The molecule has 0 aromatic rings. The summed E-state index contributed by atoms with van der Waals surface area (Å²) in [5.74, 6) is 0. The Labute approximate surface area is 78.1 Å². The molecule has 0 aromatic carbocycles. The summed E-state index contributed by atoms with van der Waals surface area (Å²) in [6.45, 7) is 2.14. The van der Waals surface area contributed by atoms with Gasteiger partial charge in [-0.25, -0.2) is 4.79 Å². The lowest BCUT2D eigenvalue weighted by molar-refractivity contribution is 0.169. The second kappa shape index (κ2) is 7.82. The van der Waals surface area contributed by atoms with Crippen LogP contribution in [0.4, 0.5) is 4.79 Å². The molecule has 78 valence electrons. The van der Waals surface area contributed by atoms with Crippen molar-refractivity contribution in [1.82, 2.24) is 10.6 Å². The number of carbonyl (C=O) groups is 1. The molecule has 0 radical (unpaired) electrons. The number of amides is 2. The lowest BCUT2D eigenvalue weighted by atomic mass is 10.3. The summed E-state index contributed by atoms with van der Waals surface area (Å²) in [7, 11) is 0. The van der Waals surface area contributed by atoms with Crippen LogP contribution < -0.4 is 10.6 Å². The molecule has 2 amide bonds. The standard InChI is InChI=1S/C8H18N2O3/c1-2-3-4-9-8(13)10-7(5-11)6-12/h7,11-12H,2-6H2,1H3,(H2,9,10,13). The number of carbonyl (C=O) groups excluding carboxylic acids is 1. The largest absolute Gasteiger partial charge is 0.394 e. The average Bonchev–Trinajstić information content (AvgIpc) is 2.14. The van der Waals surface area contributed by atoms with E-state index in [1.165, 1.54) is 0 Å². The number of unbranched alkanes of at least 4 members (excludes halogenated alkanes) is 1. The van der Waals surface area contributed by atoms with E-state index in [-0.39, 0.29) is 19.2 Å². The summed E-state index contributed by atoms with van der Waals surface area (Å²) < 4.78 is 0. The van der Waals surface area contributed by atoms with Crippen LogP contribution in [0.2, 0.25) is 0 Å². The number of hydrogen-bond acceptors (Lipinski definition) is 3. The third kappa shape index (κ3) is 6.36. The highest BCUT2D eigenvalue weighted by Gasteiger charge is 2.08.